The molecule has 2 aromatic rings. The van der Waals surface area contributed by atoms with Gasteiger partial charge in [-0.3, -0.25) is 14.7 Å². The number of halogens is 5. The highest BCUT2D eigenvalue weighted by Gasteiger charge is 2.44. The zero-order valence-corrected chi connectivity index (χ0v) is 20.4. The molecule has 9 heteroatoms. The fourth-order valence-electron chi connectivity index (χ4n) is 4.57. The van der Waals surface area contributed by atoms with Crippen molar-refractivity contribution < 1.29 is 18.0 Å². The molecule has 1 unspecified atom stereocenters. The molecule has 34 heavy (non-hydrogen) atoms. The van der Waals surface area contributed by atoms with Gasteiger partial charge in [0, 0.05) is 35.3 Å². The van der Waals surface area contributed by atoms with Crippen molar-refractivity contribution in [3.05, 3.63) is 75.4 Å². The largest absolute Gasteiger partial charge is 0.431 e. The quantitative estimate of drug-likeness (QED) is 0.459. The van der Waals surface area contributed by atoms with E-state index in [-0.39, 0.29) is 24.4 Å². The molecule has 0 spiro atoms. The lowest BCUT2D eigenvalue weighted by Crippen LogP contribution is -2.40. The maximum absolute atomic E-state index is 13.9. The molecule has 0 fully saturated rings. The van der Waals surface area contributed by atoms with E-state index < -0.39 is 29.6 Å². The monoisotopic (exact) mass is 511 g/mol. The number of hydrogen-bond donors (Lipinski definition) is 1. The van der Waals surface area contributed by atoms with E-state index in [1.54, 1.807) is 6.07 Å². The smallest absolute Gasteiger partial charge is 0.370 e. The first-order valence-corrected chi connectivity index (χ1v) is 11.6. The van der Waals surface area contributed by atoms with E-state index in [2.05, 4.69) is 11.6 Å². The lowest BCUT2D eigenvalue weighted by atomic mass is 9.82. The van der Waals surface area contributed by atoms with Crippen LogP contribution in [0.2, 0.25) is 10.0 Å². The molecule has 2 atom stereocenters. The molecule has 1 aliphatic rings. The second-order valence-electron chi connectivity index (χ2n) is 8.29. The molecule has 0 saturated heterocycles. The predicted octanol–water partition coefficient (Wildman–Crippen LogP) is 6.88. The number of aryl methyl sites for hydroxylation is 1. The zero-order chi connectivity index (χ0) is 25.2. The van der Waals surface area contributed by atoms with Crippen LogP contribution in [-0.2, 0) is 11.2 Å². The number of carbonyl (C=O) groups is 1. The van der Waals surface area contributed by atoms with Gasteiger partial charge < -0.3 is 5.73 Å². The number of rotatable bonds is 6. The van der Waals surface area contributed by atoms with Gasteiger partial charge in [-0.15, -0.1) is 0 Å². The van der Waals surface area contributed by atoms with Gasteiger partial charge in [0.05, 0.1) is 5.69 Å². The van der Waals surface area contributed by atoms with Crippen molar-refractivity contribution in [1.29, 1.82) is 0 Å². The molecule has 0 aromatic heterocycles. The standard InChI is InChI=1S/C25H26Cl2F3N3O/c1-4-6-15-7-5-8-18(23(15)27)19-11-16(12-22(31)34)24(32-3)33(14(2)25(28,29)30)21-10-9-17(26)13-20(19)21/h5,7-10,13,16,19H,2,4,6,11-12H2,1,3H3,(H2,31,34)/t16-,19?/m1/s1. The van der Waals surface area contributed by atoms with Crippen LogP contribution in [0.15, 0.2) is 53.7 Å². The molecule has 182 valence electrons. The molecule has 3 rings (SSSR count). The molecular formula is C25H26Cl2F3N3O. The number of nitrogens with zero attached hydrogens (tertiary/aromatic N) is 2. The number of anilines is 1. The summed E-state index contributed by atoms with van der Waals surface area (Å²) in [5.74, 6) is -1.74. The first kappa shape index (κ1) is 26.1. The molecule has 4 nitrogen and oxygen atoms in total. The summed E-state index contributed by atoms with van der Waals surface area (Å²) in [7, 11) is 1.39. The number of carbonyl (C=O) groups excluding carboxylic acids is 1. The molecule has 1 amide bonds. The van der Waals surface area contributed by atoms with E-state index in [4.69, 9.17) is 28.9 Å². The summed E-state index contributed by atoms with van der Waals surface area (Å²) in [5.41, 5.74) is 6.86. The van der Waals surface area contributed by atoms with Crippen LogP contribution in [0, 0.1) is 5.92 Å². The Morgan fingerprint density at radius 3 is 2.53 bits per heavy atom. The molecule has 1 aliphatic heterocycles. The Morgan fingerprint density at radius 1 is 1.24 bits per heavy atom. The van der Waals surface area contributed by atoms with Gasteiger partial charge in [0.25, 0.3) is 0 Å². The Hall–Kier alpha value is -2.51. The van der Waals surface area contributed by atoms with Crippen LogP contribution in [0.4, 0.5) is 18.9 Å². The van der Waals surface area contributed by atoms with Crippen LogP contribution in [0.3, 0.4) is 0 Å². The van der Waals surface area contributed by atoms with Crippen molar-refractivity contribution in [3.63, 3.8) is 0 Å². The van der Waals surface area contributed by atoms with Crippen LogP contribution in [0.25, 0.3) is 0 Å². The average Bonchev–Trinajstić information content (AvgIpc) is 2.88. The number of amidine groups is 1. The van der Waals surface area contributed by atoms with Crippen molar-refractivity contribution in [2.24, 2.45) is 16.6 Å². The minimum absolute atomic E-state index is 0.0630. The van der Waals surface area contributed by atoms with Gasteiger partial charge in [-0.2, -0.15) is 13.2 Å². The highest BCUT2D eigenvalue weighted by Crippen LogP contribution is 2.47. The minimum atomic E-state index is -4.73. The Labute approximate surface area is 207 Å². The Balaban J connectivity index is 2.33. The lowest BCUT2D eigenvalue weighted by Gasteiger charge is -2.31. The molecule has 2 aromatic carbocycles. The number of benzene rings is 2. The first-order valence-electron chi connectivity index (χ1n) is 10.9. The summed E-state index contributed by atoms with van der Waals surface area (Å²) in [6, 6.07) is 10.3. The van der Waals surface area contributed by atoms with Gasteiger partial charge in [-0.25, -0.2) is 0 Å². The number of hydrogen-bond acceptors (Lipinski definition) is 2. The van der Waals surface area contributed by atoms with Gasteiger partial charge >= 0.3 is 6.18 Å². The third-order valence-corrected chi connectivity index (χ3v) is 6.69. The van der Waals surface area contributed by atoms with E-state index in [9.17, 15) is 18.0 Å². The molecule has 0 bridgehead atoms. The maximum atomic E-state index is 13.9. The number of fused-ring (bicyclic) bond motifs is 1. The fourth-order valence-corrected chi connectivity index (χ4v) is 5.10. The summed E-state index contributed by atoms with van der Waals surface area (Å²) < 4.78 is 41.8. The van der Waals surface area contributed by atoms with Gasteiger partial charge in [0.2, 0.25) is 5.91 Å². The van der Waals surface area contributed by atoms with Gasteiger partial charge in [0.15, 0.2) is 0 Å². The molecule has 2 N–H and O–H groups in total. The SMILES string of the molecule is C=C(N1C(=NC)[C@@H](CC(N)=O)CC(c2cccc(CCC)c2Cl)c2cc(Cl)ccc21)C(F)(F)F. The van der Waals surface area contributed by atoms with Crippen molar-refractivity contribution in [2.45, 2.75) is 44.7 Å². The third-order valence-electron chi connectivity index (χ3n) is 6.00. The summed E-state index contributed by atoms with van der Waals surface area (Å²) in [6.45, 7) is 5.36. The normalized spacial score (nSPS) is 19.6. The Morgan fingerprint density at radius 2 is 1.94 bits per heavy atom. The number of amides is 1. The third kappa shape index (κ3) is 5.26. The number of primary amides is 1. The second kappa shape index (κ2) is 10.4. The zero-order valence-electron chi connectivity index (χ0n) is 18.9. The van der Waals surface area contributed by atoms with E-state index >= 15 is 0 Å². The molecule has 0 saturated carbocycles. The first-order chi connectivity index (χ1) is 16.0. The van der Waals surface area contributed by atoms with Gasteiger partial charge in [-0.1, -0.05) is 61.3 Å². The van der Waals surface area contributed by atoms with E-state index in [1.165, 1.54) is 19.2 Å². The molecule has 0 radical (unpaired) electrons. The molecule has 0 aliphatic carbocycles. The number of alkyl halides is 3. The topological polar surface area (TPSA) is 58.7 Å². The predicted molar refractivity (Wildman–Crippen MR) is 132 cm³/mol. The average molecular weight is 512 g/mol. The highest BCUT2D eigenvalue weighted by atomic mass is 35.5. The van der Waals surface area contributed by atoms with Gasteiger partial charge in [0.1, 0.15) is 11.5 Å². The van der Waals surface area contributed by atoms with Crippen molar-refractivity contribution in [3.8, 4) is 0 Å². The highest BCUT2D eigenvalue weighted by molar-refractivity contribution is 6.32. The van der Waals surface area contributed by atoms with Crippen LogP contribution < -0.4 is 10.6 Å². The van der Waals surface area contributed by atoms with Gasteiger partial charge in [-0.05, 0) is 47.7 Å². The Bertz CT molecular complexity index is 1130. The molecule has 1 heterocycles. The fraction of sp³-hybridized carbons (Fsp3) is 0.360. The summed E-state index contributed by atoms with van der Waals surface area (Å²) in [4.78, 5) is 17.1. The number of nitrogens with two attached hydrogens (primary N) is 1. The Kier molecular flexibility index (Phi) is 7.98. The summed E-state index contributed by atoms with van der Waals surface area (Å²) in [5, 5.41) is 0.918. The van der Waals surface area contributed by atoms with Crippen molar-refractivity contribution >= 4 is 40.6 Å². The number of aliphatic imine (C=N–C) groups is 1. The van der Waals surface area contributed by atoms with Crippen molar-refractivity contribution in [2.75, 3.05) is 11.9 Å². The number of allylic oxidation sites excluding steroid dienone is 1. The maximum Gasteiger partial charge on any atom is 0.431 e. The van der Waals surface area contributed by atoms with Crippen LogP contribution in [-0.4, -0.2) is 25.0 Å². The van der Waals surface area contributed by atoms with Crippen LogP contribution >= 0.6 is 23.2 Å². The van der Waals surface area contributed by atoms with E-state index in [1.807, 2.05) is 25.1 Å². The lowest BCUT2D eigenvalue weighted by molar-refractivity contribution is -0.118. The van der Waals surface area contributed by atoms with E-state index in [0.717, 1.165) is 28.9 Å². The van der Waals surface area contributed by atoms with Crippen molar-refractivity contribution in [1.82, 2.24) is 0 Å². The van der Waals surface area contributed by atoms with Crippen LogP contribution in [0.1, 0.15) is 48.8 Å². The summed E-state index contributed by atoms with van der Waals surface area (Å²) in [6.07, 6.45) is -3.01. The summed E-state index contributed by atoms with van der Waals surface area (Å²) >= 11 is 13.1. The molecular weight excluding hydrogens is 486 g/mol. The second-order valence-corrected chi connectivity index (χ2v) is 9.11. The van der Waals surface area contributed by atoms with Crippen LogP contribution in [0.5, 0.6) is 0 Å². The minimum Gasteiger partial charge on any atom is -0.370 e. The van der Waals surface area contributed by atoms with E-state index in [0.29, 0.717) is 15.6 Å².